The van der Waals surface area contributed by atoms with E-state index >= 15 is 0 Å². The third-order valence-electron chi connectivity index (χ3n) is 9.23. The van der Waals surface area contributed by atoms with Gasteiger partial charge in [-0.2, -0.15) is 0 Å². The van der Waals surface area contributed by atoms with Gasteiger partial charge < -0.3 is 20.4 Å². The maximum atomic E-state index is 12.1. The van der Waals surface area contributed by atoms with Gasteiger partial charge >= 0.3 is 0 Å². The average Bonchev–Trinajstić information content (AvgIpc) is 3.16. The number of hydrogen-bond acceptors (Lipinski definition) is 6. The summed E-state index contributed by atoms with van der Waals surface area (Å²) in [6.07, 6.45) is 7.01. The Balaban J connectivity index is 1.64. The lowest BCUT2D eigenvalue weighted by molar-refractivity contribution is 0.111. The molecule has 0 atom stereocenters. The van der Waals surface area contributed by atoms with Gasteiger partial charge in [-0.25, -0.2) is 0 Å². The molecule has 0 heterocycles. The van der Waals surface area contributed by atoms with Gasteiger partial charge in [0.15, 0.2) is 12.6 Å². The summed E-state index contributed by atoms with van der Waals surface area (Å²) in [5.74, 6) is 11.7. The van der Waals surface area contributed by atoms with Gasteiger partial charge in [0.2, 0.25) is 0 Å². The molecular formula is C46H38O6. The van der Waals surface area contributed by atoms with Crippen molar-refractivity contribution in [3.05, 3.63) is 129 Å². The van der Waals surface area contributed by atoms with E-state index in [4.69, 9.17) is 0 Å². The summed E-state index contributed by atoms with van der Waals surface area (Å²) >= 11 is 0. The zero-order valence-electron chi connectivity index (χ0n) is 29.1. The van der Waals surface area contributed by atoms with Crippen LogP contribution >= 0.6 is 0 Å². The van der Waals surface area contributed by atoms with Gasteiger partial charge in [-0.1, -0.05) is 86.8 Å². The Bertz CT molecular complexity index is 2310. The summed E-state index contributed by atoms with van der Waals surface area (Å²) in [6.45, 7) is 4.29. The van der Waals surface area contributed by atoms with Crippen LogP contribution in [0.15, 0.2) is 84.9 Å². The minimum absolute atomic E-state index is 0.109. The monoisotopic (exact) mass is 686 g/mol. The molecule has 6 aromatic rings. The third kappa shape index (κ3) is 7.33. The van der Waals surface area contributed by atoms with Crippen molar-refractivity contribution in [3.8, 4) is 57.8 Å². The second-order valence-electron chi connectivity index (χ2n) is 12.9. The first-order valence-corrected chi connectivity index (χ1v) is 17.4. The number of fused-ring (bicyclic) bond motifs is 2. The van der Waals surface area contributed by atoms with Crippen molar-refractivity contribution in [3.63, 3.8) is 0 Å². The maximum absolute atomic E-state index is 12.1. The molecule has 0 radical (unpaired) electrons. The van der Waals surface area contributed by atoms with Crippen molar-refractivity contribution >= 4 is 34.1 Å². The molecule has 6 nitrogen and oxygen atoms in total. The Morgan fingerprint density at radius 1 is 0.519 bits per heavy atom. The molecule has 6 rings (SSSR count). The summed E-state index contributed by atoms with van der Waals surface area (Å²) in [5, 5.41) is 47.3. The van der Waals surface area contributed by atoms with E-state index in [1.54, 1.807) is 12.1 Å². The molecule has 0 aromatic heterocycles. The Morgan fingerprint density at radius 3 is 1.33 bits per heavy atom. The zero-order chi connectivity index (χ0) is 36.8. The van der Waals surface area contributed by atoms with Crippen LogP contribution in [0.2, 0.25) is 0 Å². The molecule has 0 aliphatic rings. The molecule has 0 aliphatic carbocycles. The Kier molecular flexibility index (Phi) is 10.6. The van der Waals surface area contributed by atoms with E-state index in [9.17, 15) is 30.0 Å². The molecule has 0 unspecified atom stereocenters. The average molecular weight is 687 g/mol. The molecule has 0 saturated heterocycles. The molecule has 0 amide bonds. The minimum atomic E-state index is -0.145. The highest BCUT2D eigenvalue weighted by molar-refractivity contribution is 6.11. The summed E-state index contributed by atoms with van der Waals surface area (Å²) < 4.78 is 0. The first kappa shape index (κ1) is 35.3. The fourth-order valence-corrected chi connectivity index (χ4v) is 6.39. The van der Waals surface area contributed by atoms with Crippen LogP contribution in [0.3, 0.4) is 0 Å². The van der Waals surface area contributed by atoms with E-state index in [-0.39, 0.29) is 34.1 Å². The summed E-state index contributed by atoms with van der Waals surface area (Å²) in [6, 6.07) is 24.9. The van der Waals surface area contributed by atoms with Gasteiger partial charge in [0, 0.05) is 22.3 Å². The van der Waals surface area contributed by atoms with Crippen LogP contribution in [-0.4, -0.2) is 33.0 Å². The van der Waals surface area contributed by atoms with Crippen molar-refractivity contribution in [2.45, 2.75) is 52.4 Å². The first-order valence-electron chi connectivity index (χ1n) is 17.4. The number of unbranched alkanes of at least 4 members (excludes halogenated alkanes) is 2. The van der Waals surface area contributed by atoms with Crippen molar-refractivity contribution in [2.24, 2.45) is 0 Å². The topological polar surface area (TPSA) is 115 Å². The molecule has 258 valence electrons. The van der Waals surface area contributed by atoms with Crippen LogP contribution in [-0.2, 0) is 12.8 Å². The van der Waals surface area contributed by atoms with Crippen molar-refractivity contribution in [2.75, 3.05) is 0 Å². The van der Waals surface area contributed by atoms with Crippen LogP contribution < -0.4 is 0 Å². The number of carbonyl (C=O) groups is 2. The predicted molar refractivity (Wildman–Crippen MR) is 206 cm³/mol. The number of phenols is 4. The molecule has 52 heavy (non-hydrogen) atoms. The zero-order valence-corrected chi connectivity index (χ0v) is 29.1. The fraction of sp³-hybridized carbons (Fsp3) is 0.174. The molecule has 0 spiro atoms. The Hall–Kier alpha value is -6.50. The highest BCUT2D eigenvalue weighted by Gasteiger charge is 2.22. The van der Waals surface area contributed by atoms with Gasteiger partial charge in [-0.15, -0.1) is 0 Å². The summed E-state index contributed by atoms with van der Waals surface area (Å²) in [5.41, 5.74) is 4.91. The van der Waals surface area contributed by atoms with Crippen molar-refractivity contribution in [1.29, 1.82) is 0 Å². The fourth-order valence-electron chi connectivity index (χ4n) is 6.39. The number of phenolic OH excluding ortho intramolecular Hbond substituents is 4. The van der Waals surface area contributed by atoms with Gasteiger partial charge in [0.1, 0.15) is 23.0 Å². The Morgan fingerprint density at radius 2 is 0.942 bits per heavy atom. The Labute approximate surface area is 303 Å². The normalized spacial score (nSPS) is 10.7. The van der Waals surface area contributed by atoms with Crippen LogP contribution in [0.4, 0.5) is 0 Å². The highest BCUT2D eigenvalue weighted by Crippen LogP contribution is 2.47. The van der Waals surface area contributed by atoms with E-state index in [0.29, 0.717) is 46.0 Å². The molecule has 0 bridgehead atoms. The lowest BCUT2D eigenvalue weighted by Crippen LogP contribution is -1.94. The second kappa shape index (κ2) is 15.6. The van der Waals surface area contributed by atoms with Crippen LogP contribution in [0.1, 0.15) is 93.6 Å². The number of aryl methyl sites for hydroxylation is 2. The van der Waals surface area contributed by atoms with E-state index in [2.05, 4.69) is 49.7 Å². The van der Waals surface area contributed by atoms with E-state index < -0.39 is 0 Å². The summed E-state index contributed by atoms with van der Waals surface area (Å²) in [4.78, 5) is 22.9. The van der Waals surface area contributed by atoms with Crippen LogP contribution in [0.5, 0.6) is 23.0 Å². The van der Waals surface area contributed by atoms with Gasteiger partial charge in [0.25, 0.3) is 0 Å². The summed E-state index contributed by atoms with van der Waals surface area (Å²) in [7, 11) is 0. The van der Waals surface area contributed by atoms with E-state index in [0.717, 1.165) is 71.2 Å². The number of rotatable bonds is 9. The first-order chi connectivity index (χ1) is 25.2. The minimum Gasteiger partial charge on any atom is -0.507 e. The SMILES string of the molecule is CCCCc1ccc2c(-c3c(O)c(C#Cc4ccc(O)c(C=O)c4)cc4cc(CCCC)ccc34)c(O)c(C#Cc3ccc(O)c(C=O)c3)cc2c1. The highest BCUT2D eigenvalue weighted by atomic mass is 16.3. The third-order valence-corrected chi connectivity index (χ3v) is 9.23. The van der Waals surface area contributed by atoms with E-state index in [1.165, 1.54) is 24.3 Å². The molecule has 6 heteroatoms. The lowest BCUT2D eigenvalue weighted by Gasteiger charge is -2.18. The van der Waals surface area contributed by atoms with Crippen LogP contribution in [0, 0.1) is 23.7 Å². The molecule has 4 N–H and O–H groups in total. The molecule has 0 fully saturated rings. The standard InChI is InChI=1S/C46H38O6/c1-3-5-7-29-11-17-39-35(21-29)25-33(15-9-31-13-19-41(49)37(23-31)27-47)45(51)43(39)44-40-18-12-30(8-6-4-2)22-36(40)26-34(46(44)52)16-10-32-14-20-42(50)38(24-32)28-48/h11-14,17-28,49-52H,3-8H2,1-2H3. The maximum Gasteiger partial charge on any atom is 0.153 e. The molecule has 6 aromatic carbocycles. The second-order valence-corrected chi connectivity index (χ2v) is 12.9. The molecule has 0 aliphatic heterocycles. The van der Waals surface area contributed by atoms with Crippen LogP contribution in [0.25, 0.3) is 32.7 Å². The number of hydrogen-bond donors (Lipinski definition) is 4. The largest absolute Gasteiger partial charge is 0.507 e. The number of benzene rings is 6. The van der Waals surface area contributed by atoms with Gasteiger partial charge in [0.05, 0.1) is 22.3 Å². The number of aromatic hydroxyl groups is 4. The lowest BCUT2D eigenvalue weighted by atomic mass is 9.87. The van der Waals surface area contributed by atoms with Crippen molar-refractivity contribution < 1.29 is 30.0 Å². The number of carbonyl (C=O) groups excluding carboxylic acids is 2. The predicted octanol–water partition coefficient (Wildman–Crippen LogP) is 9.59. The van der Waals surface area contributed by atoms with Gasteiger partial charge in [-0.3, -0.25) is 9.59 Å². The van der Waals surface area contributed by atoms with Gasteiger partial charge in [-0.05, 0) is 107 Å². The number of aldehydes is 2. The van der Waals surface area contributed by atoms with Crippen molar-refractivity contribution in [1.82, 2.24) is 0 Å². The van der Waals surface area contributed by atoms with E-state index in [1.807, 2.05) is 36.4 Å². The molecular weight excluding hydrogens is 649 g/mol. The molecule has 0 saturated carbocycles. The quantitative estimate of drug-likeness (QED) is 0.0890. The smallest absolute Gasteiger partial charge is 0.153 e.